The van der Waals surface area contributed by atoms with E-state index in [1.807, 2.05) is 0 Å². The van der Waals surface area contributed by atoms with Gasteiger partial charge in [0.05, 0.1) is 56.4 Å². The summed E-state index contributed by atoms with van der Waals surface area (Å²) in [6.07, 6.45) is 0. The minimum atomic E-state index is 0. The molecule has 0 aliphatic rings. The Morgan fingerprint density at radius 3 is 0.500 bits per heavy atom. The second kappa shape index (κ2) is 3.94. The maximum atomic E-state index is 2.12. The summed E-state index contributed by atoms with van der Waals surface area (Å²) < 4.78 is 2.00. The van der Waals surface area contributed by atoms with Crippen LogP contribution < -0.4 is 0 Å². The van der Waals surface area contributed by atoms with Gasteiger partial charge in [0.15, 0.2) is 0 Å². The summed E-state index contributed by atoms with van der Waals surface area (Å²) in [5, 5.41) is 0. The van der Waals surface area contributed by atoms with Gasteiger partial charge in [-0.2, -0.15) is 0 Å². The topological polar surface area (TPSA) is 0 Å². The summed E-state index contributed by atoms with van der Waals surface area (Å²) in [6, 6.07) is 0. The largest absolute Gasteiger partial charge is 1.00 e. The molecule has 0 unspecified atom stereocenters. The van der Waals surface area contributed by atoms with Crippen molar-refractivity contribution < 1.29 is 11.8 Å². The number of rotatable bonds is 0. The smallest absolute Gasteiger partial charge is 0.0675 e. The van der Waals surface area contributed by atoms with E-state index in [1.165, 1.54) is 0 Å². The highest BCUT2D eigenvalue weighted by Crippen LogP contribution is 1.74. The highest BCUT2D eigenvalue weighted by atomic mass is 15.2. The molecule has 0 rings (SSSR count). The van der Waals surface area contributed by atoms with Gasteiger partial charge in [-0.05, 0) is 0 Å². The van der Waals surface area contributed by atoms with E-state index < -0.39 is 0 Å². The van der Waals surface area contributed by atoms with Crippen LogP contribution in [-0.2, 0) is 0 Å². The average Bonchev–Trinajstić information content (AvgIpc) is 1.12. The Labute approximate surface area is 69.2 Å². The summed E-state index contributed by atoms with van der Waals surface area (Å²) >= 11 is 0. The summed E-state index contributed by atoms with van der Waals surface area (Å²) in [7, 11) is 17.0. The minimum Gasteiger partial charge on any atom is -1.00 e. The van der Waals surface area contributed by atoms with Crippen LogP contribution in [0, 0.1) is 0 Å². The first kappa shape index (κ1) is 12.6. The maximum absolute atomic E-state index is 2.12. The molecule has 0 aromatic heterocycles. The molecule has 0 aromatic carbocycles. The molecule has 0 amide bonds. The van der Waals surface area contributed by atoms with Crippen molar-refractivity contribution in [3.05, 3.63) is 0 Å². The van der Waals surface area contributed by atoms with Crippen LogP contribution in [-0.4, -0.2) is 65.3 Å². The second-order valence-corrected chi connectivity index (χ2v) is 5.37. The summed E-state index contributed by atoms with van der Waals surface area (Å²) in [6.45, 7) is 0. The van der Waals surface area contributed by atoms with Crippen LogP contribution in [0.15, 0.2) is 0 Å². The molecule has 2 nitrogen and oxygen atoms in total. The van der Waals surface area contributed by atoms with Gasteiger partial charge in [-0.1, -0.05) is 0 Å². The quantitative estimate of drug-likeness (QED) is 0.450. The second-order valence-electron chi connectivity index (χ2n) is 5.37. The van der Waals surface area contributed by atoms with E-state index in [4.69, 9.17) is 0 Å². The molecule has 0 saturated carbocycles. The fourth-order valence-electron chi connectivity index (χ4n) is 0. The van der Waals surface area contributed by atoms with E-state index in [2.05, 4.69) is 56.4 Å². The van der Waals surface area contributed by atoms with Crippen LogP contribution in [0.25, 0.3) is 0 Å². The summed E-state index contributed by atoms with van der Waals surface area (Å²) in [5.41, 5.74) is 0. The Balaban J connectivity index is -0.0000000457. The zero-order valence-corrected chi connectivity index (χ0v) is 8.89. The lowest BCUT2D eigenvalue weighted by atomic mass is 10.8. The Morgan fingerprint density at radius 1 is 0.500 bits per heavy atom. The Morgan fingerprint density at radius 2 is 0.500 bits per heavy atom. The van der Waals surface area contributed by atoms with Crippen LogP contribution in [0.1, 0.15) is 2.85 Å². The van der Waals surface area contributed by atoms with E-state index in [0.717, 1.165) is 8.97 Å². The molecule has 2 heteroatoms. The fourth-order valence-corrected chi connectivity index (χ4v) is 0. The fraction of sp³-hybridized carbons (Fsp3) is 1.00. The molecular formula is C8H26N2. The Kier molecular flexibility index (Phi) is 4.96. The van der Waals surface area contributed by atoms with E-state index >= 15 is 0 Å². The van der Waals surface area contributed by atoms with Crippen molar-refractivity contribution in [3.8, 4) is 0 Å². The summed E-state index contributed by atoms with van der Waals surface area (Å²) in [4.78, 5) is 0. The van der Waals surface area contributed by atoms with Gasteiger partial charge in [-0.15, -0.1) is 0 Å². The summed E-state index contributed by atoms with van der Waals surface area (Å²) in [5.74, 6) is 0. The van der Waals surface area contributed by atoms with E-state index in [-0.39, 0.29) is 2.85 Å². The van der Waals surface area contributed by atoms with Crippen molar-refractivity contribution in [3.63, 3.8) is 0 Å². The molecule has 0 aromatic rings. The van der Waals surface area contributed by atoms with E-state index in [9.17, 15) is 0 Å². The van der Waals surface area contributed by atoms with E-state index in [1.54, 1.807) is 0 Å². The van der Waals surface area contributed by atoms with Crippen molar-refractivity contribution in [2.45, 2.75) is 0 Å². The molecule has 0 aliphatic carbocycles. The van der Waals surface area contributed by atoms with Gasteiger partial charge in [-0.25, -0.2) is 0 Å². The molecular weight excluding hydrogens is 124 g/mol. The first-order valence-corrected chi connectivity index (χ1v) is 3.58. The molecule has 0 saturated heterocycles. The molecule has 0 aliphatic heterocycles. The molecule has 68 valence electrons. The van der Waals surface area contributed by atoms with Crippen molar-refractivity contribution >= 4 is 0 Å². The minimum absolute atomic E-state index is 0. The van der Waals surface area contributed by atoms with Crippen molar-refractivity contribution in [2.24, 2.45) is 0 Å². The third kappa shape index (κ3) is 59300. The molecule has 0 atom stereocenters. The van der Waals surface area contributed by atoms with Crippen molar-refractivity contribution in [1.29, 1.82) is 0 Å². The van der Waals surface area contributed by atoms with Crippen LogP contribution >= 0.6 is 0 Å². The zero-order valence-electron chi connectivity index (χ0n) is 10.9. The average molecular weight is 150 g/mol. The van der Waals surface area contributed by atoms with Crippen LogP contribution in [0.5, 0.6) is 0 Å². The predicted molar refractivity (Wildman–Crippen MR) is 50.1 cm³/mol. The lowest BCUT2D eigenvalue weighted by Crippen LogP contribution is -2.27. The maximum Gasteiger partial charge on any atom is 0.0675 e. The van der Waals surface area contributed by atoms with Crippen molar-refractivity contribution in [2.75, 3.05) is 56.4 Å². The Hall–Kier alpha value is -0.0800. The molecule has 0 fully saturated rings. The standard InChI is InChI=1S/2C4H12N.2H/c2*1-5(2,3)4;;/h2*1-4H3;;/q2*+1;2*-1. The molecule has 0 bridgehead atoms. The SMILES string of the molecule is C[N+](C)(C)C.C[N+](C)(C)C.[H-].[H-]. The van der Waals surface area contributed by atoms with Gasteiger partial charge in [0.25, 0.3) is 0 Å². The van der Waals surface area contributed by atoms with E-state index in [0.29, 0.717) is 0 Å². The number of hydrogen-bond donors (Lipinski definition) is 0. The first-order chi connectivity index (χ1) is 4.00. The number of hydrogen-bond acceptors (Lipinski definition) is 0. The highest BCUT2D eigenvalue weighted by molar-refractivity contribution is 3.87. The Bertz CT molecular complexity index is 58.0. The van der Waals surface area contributed by atoms with Gasteiger partial charge in [-0.3, -0.25) is 0 Å². The number of quaternary nitrogens is 2. The third-order valence-corrected chi connectivity index (χ3v) is 0. The highest BCUT2D eigenvalue weighted by Gasteiger charge is 1.88. The monoisotopic (exact) mass is 150 g/mol. The van der Waals surface area contributed by atoms with Gasteiger partial charge in [0.1, 0.15) is 0 Å². The van der Waals surface area contributed by atoms with Crippen LogP contribution in [0.4, 0.5) is 0 Å². The molecule has 0 N–H and O–H groups in total. The van der Waals surface area contributed by atoms with Crippen LogP contribution in [0.3, 0.4) is 0 Å². The first-order valence-electron chi connectivity index (χ1n) is 3.58. The molecule has 0 spiro atoms. The normalized spacial score (nSPS) is 12.0. The zero-order chi connectivity index (χ0) is 9.00. The van der Waals surface area contributed by atoms with Crippen molar-refractivity contribution in [1.82, 2.24) is 0 Å². The van der Waals surface area contributed by atoms with Gasteiger partial charge >= 0.3 is 0 Å². The predicted octanol–water partition coefficient (Wildman–Crippen LogP) is 0.870. The van der Waals surface area contributed by atoms with Gasteiger partial charge in [0.2, 0.25) is 0 Å². The molecule has 0 radical (unpaired) electrons. The lowest BCUT2D eigenvalue weighted by Gasteiger charge is -2.14. The van der Waals surface area contributed by atoms with Gasteiger partial charge in [0, 0.05) is 0 Å². The third-order valence-electron chi connectivity index (χ3n) is 0. The van der Waals surface area contributed by atoms with Gasteiger partial charge < -0.3 is 11.8 Å². The number of nitrogens with zero attached hydrogens (tertiary/aromatic N) is 2. The molecule has 10 heavy (non-hydrogen) atoms. The molecule has 0 heterocycles. The van der Waals surface area contributed by atoms with Crippen LogP contribution in [0.2, 0.25) is 0 Å². The lowest BCUT2D eigenvalue weighted by molar-refractivity contribution is -0.849.